The first-order valence-corrected chi connectivity index (χ1v) is 8.31. The normalized spacial score (nSPS) is 16.1. The number of nitrogens with one attached hydrogen (secondary N) is 2. The van der Waals surface area contributed by atoms with E-state index in [1.807, 2.05) is 44.2 Å². The zero-order valence-electron chi connectivity index (χ0n) is 14.3. The number of nitrogens with zero attached hydrogens (tertiary/aromatic N) is 1. The van der Waals surface area contributed by atoms with E-state index in [2.05, 4.69) is 15.6 Å². The number of aromatic nitrogens is 1. The molecular formula is C19H21N3O3. The Bertz CT molecular complexity index is 789. The summed E-state index contributed by atoms with van der Waals surface area (Å²) in [4.78, 5) is 28.7. The maximum absolute atomic E-state index is 12.7. The first-order valence-electron chi connectivity index (χ1n) is 8.31. The summed E-state index contributed by atoms with van der Waals surface area (Å²) in [5.74, 6) is -0.304. The number of fused-ring (bicyclic) bond motifs is 1. The van der Waals surface area contributed by atoms with Crippen LogP contribution in [0.3, 0.4) is 0 Å². The molecule has 0 bridgehead atoms. The predicted molar refractivity (Wildman–Crippen MR) is 94.3 cm³/mol. The van der Waals surface area contributed by atoms with Crippen LogP contribution in [0.1, 0.15) is 37.3 Å². The van der Waals surface area contributed by atoms with Gasteiger partial charge in [0.25, 0.3) is 0 Å². The molecule has 0 saturated heterocycles. The van der Waals surface area contributed by atoms with Crippen molar-refractivity contribution in [2.45, 2.75) is 38.8 Å². The highest BCUT2D eigenvalue weighted by Crippen LogP contribution is 2.32. The van der Waals surface area contributed by atoms with Crippen LogP contribution in [0, 0.1) is 0 Å². The molecule has 0 radical (unpaired) electrons. The van der Waals surface area contributed by atoms with Crippen molar-refractivity contribution in [1.29, 1.82) is 0 Å². The fraction of sp³-hybridized carbons (Fsp3) is 0.316. The van der Waals surface area contributed by atoms with Crippen LogP contribution in [0.5, 0.6) is 5.88 Å². The number of pyridine rings is 1. The van der Waals surface area contributed by atoms with Gasteiger partial charge in [-0.25, -0.2) is 4.98 Å². The number of anilines is 1. The molecule has 1 atom stereocenters. The summed E-state index contributed by atoms with van der Waals surface area (Å²) < 4.78 is 5.67. The Kier molecular flexibility index (Phi) is 4.97. The second kappa shape index (κ2) is 7.34. The third-order valence-corrected chi connectivity index (χ3v) is 3.97. The summed E-state index contributed by atoms with van der Waals surface area (Å²) in [7, 11) is 0. The van der Waals surface area contributed by atoms with Crippen LogP contribution in [-0.4, -0.2) is 22.9 Å². The number of ether oxygens (including phenoxy) is 1. The zero-order chi connectivity index (χ0) is 17.8. The number of hydrogen-bond acceptors (Lipinski definition) is 4. The SMILES string of the molecule is CC(C)Oc1ncccc1CNC(=O)C1CC(=O)Nc2ccccc21. The van der Waals surface area contributed by atoms with E-state index in [0.29, 0.717) is 18.1 Å². The second-order valence-electron chi connectivity index (χ2n) is 6.24. The van der Waals surface area contributed by atoms with Crippen LogP contribution in [0.15, 0.2) is 42.6 Å². The maximum atomic E-state index is 12.7. The number of carbonyl (C=O) groups is 2. The van der Waals surface area contributed by atoms with Gasteiger partial charge in [-0.2, -0.15) is 0 Å². The molecule has 0 spiro atoms. The molecule has 1 aliphatic rings. The minimum Gasteiger partial charge on any atom is -0.475 e. The Morgan fingerprint density at radius 1 is 1.32 bits per heavy atom. The zero-order valence-corrected chi connectivity index (χ0v) is 14.3. The molecule has 6 nitrogen and oxygen atoms in total. The first kappa shape index (κ1) is 17.0. The summed E-state index contributed by atoms with van der Waals surface area (Å²) in [5, 5.41) is 5.71. The van der Waals surface area contributed by atoms with Crippen LogP contribution >= 0.6 is 0 Å². The lowest BCUT2D eigenvalue weighted by molar-refractivity contribution is -0.126. The smallest absolute Gasteiger partial charge is 0.228 e. The van der Waals surface area contributed by atoms with E-state index in [1.54, 1.807) is 12.3 Å². The van der Waals surface area contributed by atoms with Crippen LogP contribution in [-0.2, 0) is 16.1 Å². The molecule has 1 aliphatic heterocycles. The lowest BCUT2D eigenvalue weighted by Crippen LogP contribution is -2.34. The van der Waals surface area contributed by atoms with Crippen LogP contribution < -0.4 is 15.4 Å². The Labute approximate surface area is 146 Å². The third-order valence-electron chi connectivity index (χ3n) is 3.97. The van der Waals surface area contributed by atoms with Crippen molar-refractivity contribution in [2.75, 3.05) is 5.32 Å². The highest BCUT2D eigenvalue weighted by Gasteiger charge is 2.30. The quantitative estimate of drug-likeness (QED) is 0.877. The molecule has 25 heavy (non-hydrogen) atoms. The van der Waals surface area contributed by atoms with E-state index in [4.69, 9.17) is 4.74 Å². The van der Waals surface area contributed by atoms with Gasteiger partial charge in [0.05, 0.1) is 12.0 Å². The minimum absolute atomic E-state index is 0.00160. The Hall–Kier alpha value is -2.89. The number of amides is 2. The number of carbonyl (C=O) groups excluding carboxylic acids is 2. The number of hydrogen-bond donors (Lipinski definition) is 2. The van der Waals surface area contributed by atoms with Gasteiger partial charge in [-0.05, 0) is 31.5 Å². The standard InChI is InChI=1S/C19H21N3O3/c1-12(2)25-19-13(6-5-9-20-19)11-21-18(24)15-10-17(23)22-16-8-4-3-7-14(15)16/h3-9,12,15H,10-11H2,1-2H3,(H,21,24)(H,22,23). The van der Waals surface area contributed by atoms with Gasteiger partial charge in [0, 0.05) is 30.4 Å². The summed E-state index contributed by atoms with van der Waals surface area (Å²) in [6, 6.07) is 11.1. The van der Waals surface area contributed by atoms with Gasteiger partial charge in [-0.15, -0.1) is 0 Å². The molecule has 1 aromatic carbocycles. The molecule has 2 aromatic rings. The van der Waals surface area contributed by atoms with Crippen molar-refractivity contribution in [3.63, 3.8) is 0 Å². The van der Waals surface area contributed by atoms with Crippen LogP contribution in [0.25, 0.3) is 0 Å². The summed E-state index contributed by atoms with van der Waals surface area (Å²) in [5.41, 5.74) is 2.34. The van der Waals surface area contributed by atoms with Gasteiger partial charge in [-0.3, -0.25) is 9.59 Å². The number of rotatable bonds is 5. The molecule has 130 valence electrons. The molecule has 0 saturated carbocycles. The summed E-state index contributed by atoms with van der Waals surface area (Å²) in [6.07, 6.45) is 1.80. The molecule has 6 heteroatoms. The second-order valence-corrected chi connectivity index (χ2v) is 6.24. The molecule has 2 N–H and O–H groups in total. The summed E-state index contributed by atoms with van der Waals surface area (Å²) >= 11 is 0. The lowest BCUT2D eigenvalue weighted by Gasteiger charge is -2.25. The minimum atomic E-state index is -0.490. The van der Waals surface area contributed by atoms with Crippen molar-refractivity contribution in [3.05, 3.63) is 53.7 Å². The van der Waals surface area contributed by atoms with E-state index in [1.165, 1.54) is 0 Å². The van der Waals surface area contributed by atoms with Crippen molar-refractivity contribution in [3.8, 4) is 5.88 Å². The highest BCUT2D eigenvalue weighted by molar-refractivity contribution is 6.01. The molecule has 0 fully saturated rings. The summed E-state index contributed by atoms with van der Waals surface area (Å²) in [6.45, 7) is 4.15. The van der Waals surface area contributed by atoms with Gasteiger partial charge >= 0.3 is 0 Å². The average Bonchev–Trinajstić information content (AvgIpc) is 2.59. The Morgan fingerprint density at radius 2 is 2.12 bits per heavy atom. The average molecular weight is 339 g/mol. The van der Waals surface area contributed by atoms with Crippen molar-refractivity contribution in [2.24, 2.45) is 0 Å². The molecule has 2 heterocycles. The van der Waals surface area contributed by atoms with E-state index in [0.717, 1.165) is 11.1 Å². The van der Waals surface area contributed by atoms with E-state index in [-0.39, 0.29) is 24.3 Å². The molecule has 1 unspecified atom stereocenters. The van der Waals surface area contributed by atoms with Gasteiger partial charge in [0.1, 0.15) is 0 Å². The number of para-hydroxylation sites is 1. The van der Waals surface area contributed by atoms with E-state index < -0.39 is 5.92 Å². The van der Waals surface area contributed by atoms with E-state index in [9.17, 15) is 9.59 Å². The van der Waals surface area contributed by atoms with Gasteiger partial charge in [0.2, 0.25) is 17.7 Å². The maximum Gasteiger partial charge on any atom is 0.228 e. The Morgan fingerprint density at radius 3 is 2.92 bits per heavy atom. The third kappa shape index (κ3) is 3.96. The fourth-order valence-electron chi connectivity index (χ4n) is 2.84. The fourth-order valence-corrected chi connectivity index (χ4v) is 2.84. The monoisotopic (exact) mass is 339 g/mol. The lowest BCUT2D eigenvalue weighted by atomic mass is 9.90. The van der Waals surface area contributed by atoms with Crippen LogP contribution in [0.2, 0.25) is 0 Å². The van der Waals surface area contributed by atoms with Gasteiger partial charge < -0.3 is 15.4 Å². The molecule has 2 amide bonds. The van der Waals surface area contributed by atoms with Crippen molar-refractivity contribution in [1.82, 2.24) is 10.3 Å². The van der Waals surface area contributed by atoms with Crippen molar-refractivity contribution >= 4 is 17.5 Å². The van der Waals surface area contributed by atoms with Gasteiger partial charge in [-0.1, -0.05) is 24.3 Å². The molecule has 0 aliphatic carbocycles. The highest BCUT2D eigenvalue weighted by atomic mass is 16.5. The molecule has 3 rings (SSSR count). The van der Waals surface area contributed by atoms with Crippen LogP contribution in [0.4, 0.5) is 5.69 Å². The van der Waals surface area contributed by atoms with Crippen molar-refractivity contribution < 1.29 is 14.3 Å². The topological polar surface area (TPSA) is 80.3 Å². The molecule has 1 aromatic heterocycles. The number of benzene rings is 1. The largest absolute Gasteiger partial charge is 0.475 e. The first-order chi connectivity index (χ1) is 12.0. The predicted octanol–water partition coefficient (Wildman–Crippen LogP) is 2.61. The van der Waals surface area contributed by atoms with E-state index >= 15 is 0 Å². The Balaban J connectivity index is 1.73. The van der Waals surface area contributed by atoms with Gasteiger partial charge in [0.15, 0.2) is 0 Å². The molecular weight excluding hydrogens is 318 g/mol.